The Hall–Kier alpha value is -1.79. The summed E-state index contributed by atoms with van der Waals surface area (Å²) in [6.07, 6.45) is 2.26. The van der Waals surface area contributed by atoms with E-state index in [1.807, 2.05) is 30.3 Å². The van der Waals surface area contributed by atoms with Gasteiger partial charge in [-0.2, -0.15) is 0 Å². The fourth-order valence-electron chi connectivity index (χ4n) is 2.95. The largest absolute Gasteiger partial charge is 0.488 e. The van der Waals surface area contributed by atoms with Gasteiger partial charge in [-0.3, -0.25) is 0 Å². The van der Waals surface area contributed by atoms with Crippen LogP contribution in [0.15, 0.2) is 47.1 Å². The summed E-state index contributed by atoms with van der Waals surface area (Å²) in [4.78, 5) is 16.2. The number of carbonyl (C=O) groups excluding carboxylic acids is 1. The van der Waals surface area contributed by atoms with Gasteiger partial charge in [-0.1, -0.05) is 55.8 Å². The summed E-state index contributed by atoms with van der Waals surface area (Å²) in [5.74, 6) is 0.852. The first-order valence-corrected chi connectivity index (χ1v) is 9.89. The molecule has 1 heterocycles. The predicted octanol–water partition coefficient (Wildman–Crippen LogP) is 5.26. The second-order valence-electron chi connectivity index (χ2n) is 6.82. The van der Waals surface area contributed by atoms with Crippen molar-refractivity contribution in [1.82, 2.24) is 10.3 Å². The van der Waals surface area contributed by atoms with E-state index in [1.165, 1.54) is 0 Å². The number of hydrogen-bond acceptors (Lipinski definition) is 4. The standard InChI is InChI=1S/C20H24BrClN2O3/c1-14(2)10-20(27-19(25)23-3,11-15-7-5-4-6-8-15)13-26-16-9-17(21)18(22)24-12-16/h4-9,12,14H,10-11,13H2,1-3H3,(H,23,25)/t20-/m0/s1. The van der Waals surface area contributed by atoms with Crippen LogP contribution in [-0.4, -0.2) is 30.3 Å². The molecule has 1 aromatic heterocycles. The zero-order valence-corrected chi connectivity index (χ0v) is 18.0. The van der Waals surface area contributed by atoms with Crippen LogP contribution in [0.5, 0.6) is 5.75 Å². The summed E-state index contributed by atoms with van der Waals surface area (Å²) in [5, 5.41) is 2.90. The molecule has 0 aliphatic rings. The SMILES string of the molecule is CNC(=O)O[C@](COc1cnc(Cl)c(Br)c1)(Cc1ccccc1)CC(C)C. The first-order valence-electron chi connectivity index (χ1n) is 8.72. The van der Waals surface area contributed by atoms with Crippen LogP contribution in [0, 0.1) is 5.92 Å². The van der Waals surface area contributed by atoms with Gasteiger partial charge in [0.05, 0.1) is 10.7 Å². The second-order valence-corrected chi connectivity index (χ2v) is 8.03. The van der Waals surface area contributed by atoms with Crippen LogP contribution in [-0.2, 0) is 11.2 Å². The van der Waals surface area contributed by atoms with Crippen molar-refractivity contribution in [1.29, 1.82) is 0 Å². The highest BCUT2D eigenvalue weighted by Crippen LogP contribution is 2.30. The molecule has 0 radical (unpaired) electrons. The van der Waals surface area contributed by atoms with Crippen LogP contribution in [0.1, 0.15) is 25.8 Å². The fourth-order valence-corrected chi connectivity index (χ4v) is 3.38. The zero-order valence-electron chi connectivity index (χ0n) is 15.7. The number of rotatable bonds is 8. The lowest BCUT2D eigenvalue weighted by molar-refractivity contribution is -0.0355. The molecule has 0 bridgehead atoms. The number of benzene rings is 1. The summed E-state index contributed by atoms with van der Waals surface area (Å²) >= 11 is 9.29. The fraction of sp³-hybridized carbons (Fsp3) is 0.400. The molecule has 146 valence electrons. The minimum Gasteiger partial charge on any atom is -0.488 e. The van der Waals surface area contributed by atoms with Gasteiger partial charge in [0.25, 0.3) is 0 Å². The number of nitrogens with zero attached hydrogens (tertiary/aromatic N) is 1. The van der Waals surface area contributed by atoms with E-state index in [2.05, 4.69) is 40.1 Å². The Kier molecular flexibility index (Phi) is 7.92. The van der Waals surface area contributed by atoms with Gasteiger partial charge in [-0.05, 0) is 39.9 Å². The third-order valence-electron chi connectivity index (χ3n) is 3.94. The number of alkyl carbamates (subject to hydrolysis) is 1. The number of nitrogens with one attached hydrogen (secondary N) is 1. The van der Waals surface area contributed by atoms with E-state index in [0.717, 1.165) is 5.56 Å². The topological polar surface area (TPSA) is 60.5 Å². The summed E-state index contributed by atoms with van der Waals surface area (Å²) in [6, 6.07) is 11.7. The van der Waals surface area contributed by atoms with Gasteiger partial charge >= 0.3 is 6.09 Å². The molecule has 2 rings (SSSR count). The highest BCUT2D eigenvalue weighted by molar-refractivity contribution is 9.10. The maximum Gasteiger partial charge on any atom is 0.407 e. The molecule has 7 heteroatoms. The molecule has 1 N–H and O–H groups in total. The number of amides is 1. The summed E-state index contributed by atoms with van der Waals surface area (Å²) in [6.45, 7) is 4.38. The quantitative estimate of drug-likeness (QED) is 0.552. The van der Waals surface area contributed by atoms with Gasteiger partial charge in [0.15, 0.2) is 5.60 Å². The van der Waals surface area contributed by atoms with E-state index in [4.69, 9.17) is 21.1 Å². The third-order valence-corrected chi connectivity index (χ3v) is 5.07. The molecule has 0 unspecified atom stereocenters. The number of aromatic nitrogens is 1. The van der Waals surface area contributed by atoms with Crippen molar-refractivity contribution >= 4 is 33.6 Å². The number of ether oxygens (including phenoxy) is 2. The smallest absolute Gasteiger partial charge is 0.407 e. The van der Waals surface area contributed by atoms with Crippen molar-refractivity contribution in [3.8, 4) is 5.75 Å². The number of pyridine rings is 1. The Bertz CT molecular complexity index is 758. The van der Waals surface area contributed by atoms with E-state index in [9.17, 15) is 4.79 Å². The normalized spacial score (nSPS) is 13.1. The van der Waals surface area contributed by atoms with Crippen LogP contribution in [0.25, 0.3) is 0 Å². The summed E-state index contributed by atoms with van der Waals surface area (Å²) < 4.78 is 12.5. The van der Waals surface area contributed by atoms with Gasteiger partial charge in [0.1, 0.15) is 17.5 Å². The Balaban J connectivity index is 2.29. The highest BCUT2D eigenvalue weighted by atomic mass is 79.9. The van der Waals surface area contributed by atoms with Crippen molar-refractivity contribution in [2.75, 3.05) is 13.7 Å². The molecule has 1 amide bonds. The summed E-state index contributed by atoms with van der Waals surface area (Å²) in [7, 11) is 1.55. The lowest BCUT2D eigenvalue weighted by Gasteiger charge is -2.34. The Labute approximate surface area is 173 Å². The number of halogens is 2. The Morgan fingerprint density at radius 2 is 2.04 bits per heavy atom. The van der Waals surface area contributed by atoms with E-state index in [0.29, 0.717) is 34.1 Å². The van der Waals surface area contributed by atoms with E-state index in [-0.39, 0.29) is 6.61 Å². The zero-order chi connectivity index (χ0) is 19.9. The van der Waals surface area contributed by atoms with Gasteiger partial charge in [-0.15, -0.1) is 0 Å². The molecule has 0 saturated heterocycles. The first kappa shape index (κ1) is 21.5. The van der Waals surface area contributed by atoms with E-state index >= 15 is 0 Å². The predicted molar refractivity (Wildman–Crippen MR) is 110 cm³/mol. The van der Waals surface area contributed by atoms with Gasteiger partial charge in [0.2, 0.25) is 0 Å². The van der Waals surface area contributed by atoms with Crippen molar-refractivity contribution < 1.29 is 14.3 Å². The van der Waals surface area contributed by atoms with Crippen molar-refractivity contribution in [2.24, 2.45) is 5.92 Å². The average molecular weight is 456 g/mol. The van der Waals surface area contributed by atoms with Gasteiger partial charge < -0.3 is 14.8 Å². The molecule has 27 heavy (non-hydrogen) atoms. The van der Waals surface area contributed by atoms with Gasteiger partial charge in [0, 0.05) is 13.5 Å². The van der Waals surface area contributed by atoms with Crippen LogP contribution >= 0.6 is 27.5 Å². The highest BCUT2D eigenvalue weighted by Gasteiger charge is 2.37. The van der Waals surface area contributed by atoms with Crippen molar-refractivity contribution in [3.05, 3.63) is 57.8 Å². The monoisotopic (exact) mass is 454 g/mol. The lowest BCUT2D eigenvalue weighted by Crippen LogP contribution is -2.46. The van der Waals surface area contributed by atoms with Gasteiger partial charge in [-0.25, -0.2) is 9.78 Å². The molecular weight excluding hydrogens is 432 g/mol. The summed E-state index contributed by atoms with van der Waals surface area (Å²) in [5.41, 5.74) is 0.253. The number of carbonyl (C=O) groups is 1. The van der Waals surface area contributed by atoms with Crippen LogP contribution in [0.4, 0.5) is 4.79 Å². The molecule has 1 aromatic carbocycles. The molecule has 2 aromatic rings. The lowest BCUT2D eigenvalue weighted by atomic mass is 9.86. The third kappa shape index (κ3) is 6.70. The Morgan fingerprint density at radius 1 is 1.33 bits per heavy atom. The van der Waals surface area contributed by atoms with E-state index < -0.39 is 11.7 Å². The first-order chi connectivity index (χ1) is 12.8. The van der Waals surface area contributed by atoms with Crippen molar-refractivity contribution in [2.45, 2.75) is 32.3 Å². The molecule has 5 nitrogen and oxygen atoms in total. The molecule has 0 fully saturated rings. The maximum atomic E-state index is 12.1. The maximum absolute atomic E-state index is 12.1. The average Bonchev–Trinajstić information content (AvgIpc) is 2.63. The molecule has 0 spiro atoms. The van der Waals surface area contributed by atoms with E-state index in [1.54, 1.807) is 19.3 Å². The minimum atomic E-state index is -0.818. The second kappa shape index (κ2) is 9.95. The number of hydrogen-bond donors (Lipinski definition) is 1. The minimum absolute atomic E-state index is 0.198. The molecule has 1 atom stereocenters. The molecule has 0 saturated carbocycles. The van der Waals surface area contributed by atoms with Crippen LogP contribution in [0.3, 0.4) is 0 Å². The Morgan fingerprint density at radius 3 is 2.63 bits per heavy atom. The van der Waals surface area contributed by atoms with Crippen molar-refractivity contribution in [3.63, 3.8) is 0 Å². The molecule has 0 aliphatic heterocycles. The molecule has 0 aliphatic carbocycles. The van der Waals surface area contributed by atoms with Crippen LogP contribution in [0.2, 0.25) is 5.15 Å². The van der Waals surface area contributed by atoms with Crippen LogP contribution < -0.4 is 10.1 Å². The molecular formula is C20H24BrClN2O3.